The standard InChI is InChI=1S/C27H22N4O2S/c1-2-5-20(6-3-1)21-8-10-22(11-9-21)23-13-14-28-26-29-27(30-31(23)26)34-18-19-7-12-24-25(17-19)33-16-4-15-32-24/h1-3,5-14,17H,4,15-16,18H2. The van der Waals surface area contributed by atoms with Gasteiger partial charge in [0.2, 0.25) is 5.16 Å². The van der Waals surface area contributed by atoms with Gasteiger partial charge in [0.1, 0.15) is 0 Å². The summed E-state index contributed by atoms with van der Waals surface area (Å²) >= 11 is 1.58. The predicted molar refractivity (Wildman–Crippen MR) is 133 cm³/mol. The summed E-state index contributed by atoms with van der Waals surface area (Å²) in [4.78, 5) is 9.05. The number of rotatable bonds is 5. The van der Waals surface area contributed by atoms with E-state index in [0.717, 1.165) is 40.5 Å². The highest BCUT2D eigenvalue weighted by molar-refractivity contribution is 7.98. The molecule has 6 rings (SSSR count). The van der Waals surface area contributed by atoms with Gasteiger partial charge in [-0.05, 0) is 34.9 Å². The Morgan fingerprint density at radius 1 is 0.794 bits per heavy atom. The van der Waals surface area contributed by atoms with Gasteiger partial charge in [-0.1, -0.05) is 72.4 Å². The van der Waals surface area contributed by atoms with Crippen molar-refractivity contribution in [2.45, 2.75) is 17.3 Å². The van der Waals surface area contributed by atoms with E-state index in [4.69, 9.17) is 14.6 Å². The third-order valence-electron chi connectivity index (χ3n) is 5.69. The zero-order valence-corrected chi connectivity index (χ0v) is 19.2. The minimum absolute atomic E-state index is 0.589. The normalized spacial score (nSPS) is 13.1. The van der Waals surface area contributed by atoms with Gasteiger partial charge in [-0.15, -0.1) is 5.10 Å². The van der Waals surface area contributed by atoms with Gasteiger partial charge in [0.25, 0.3) is 5.78 Å². The summed E-state index contributed by atoms with van der Waals surface area (Å²) in [6.07, 6.45) is 2.68. The van der Waals surface area contributed by atoms with E-state index in [9.17, 15) is 0 Å². The number of hydrogen-bond acceptors (Lipinski definition) is 6. The average Bonchev–Trinajstić information content (AvgIpc) is 3.18. The molecule has 0 amide bonds. The first-order valence-electron chi connectivity index (χ1n) is 11.2. The van der Waals surface area contributed by atoms with E-state index in [-0.39, 0.29) is 0 Å². The number of thioether (sulfide) groups is 1. The summed E-state index contributed by atoms with van der Waals surface area (Å²) in [5.74, 6) is 2.94. The topological polar surface area (TPSA) is 61.5 Å². The first-order chi connectivity index (χ1) is 16.8. The van der Waals surface area contributed by atoms with Crippen molar-refractivity contribution in [2.24, 2.45) is 0 Å². The lowest BCUT2D eigenvalue weighted by Crippen LogP contribution is -1.97. The molecule has 0 unspecified atom stereocenters. The molecule has 0 saturated carbocycles. The Kier molecular flexibility index (Phi) is 5.61. The number of benzene rings is 3. The third-order valence-corrected chi connectivity index (χ3v) is 6.60. The van der Waals surface area contributed by atoms with Crippen LogP contribution in [0.3, 0.4) is 0 Å². The minimum atomic E-state index is 0.589. The lowest BCUT2D eigenvalue weighted by molar-refractivity contribution is 0.297. The van der Waals surface area contributed by atoms with Crippen LogP contribution in [0.15, 0.2) is 90.2 Å². The van der Waals surface area contributed by atoms with Crippen molar-refractivity contribution in [3.8, 4) is 33.9 Å². The maximum absolute atomic E-state index is 5.81. The lowest BCUT2D eigenvalue weighted by Gasteiger charge is -2.08. The number of fused-ring (bicyclic) bond motifs is 2. The summed E-state index contributed by atoms with van der Waals surface area (Å²) in [5.41, 5.74) is 5.54. The van der Waals surface area contributed by atoms with Crippen LogP contribution in [-0.4, -0.2) is 32.8 Å². The fourth-order valence-corrected chi connectivity index (χ4v) is 4.73. The SMILES string of the molecule is c1ccc(-c2ccc(-c3ccnc4nc(SCc5ccc6c(c5)OCCCO6)nn34)cc2)cc1. The van der Waals surface area contributed by atoms with Gasteiger partial charge >= 0.3 is 0 Å². The van der Waals surface area contributed by atoms with Gasteiger partial charge in [0.15, 0.2) is 11.5 Å². The fraction of sp³-hybridized carbons (Fsp3) is 0.148. The smallest absolute Gasteiger partial charge is 0.253 e. The minimum Gasteiger partial charge on any atom is -0.490 e. The van der Waals surface area contributed by atoms with E-state index in [1.807, 2.05) is 28.8 Å². The van der Waals surface area contributed by atoms with Crippen LogP contribution in [0.25, 0.3) is 28.2 Å². The molecule has 0 bridgehead atoms. The van der Waals surface area contributed by atoms with Crippen LogP contribution in [0, 0.1) is 0 Å². The van der Waals surface area contributed by atoms with Crippen LogP contribution >= 0.6 is 11.8 Å². The second kappa shape index (κ2) is 9.19. The average molecular weight is 467 g/mol. The first kappa shape index (κ1) is 20.7. The summed E-state index contributed by atoms with van der Waals surface area (Å²) < 4.78 is 13.3. The van der Waals surface area contributed by atoms with Crippen molar-refractivity contribution in [3.05, 3.63) is 90.6 Å². The Balaban J connectivity index is 1.23. The molecule has 5 aromatic rings. The molecule has 7 heteroatoms. The van der Waals surface area contributed by atoms with Gasteiger partial charge in [0, 0.05) is 23.9 Å². The molecule has 6 nitrogen and oxygen atoms in total. The monoisotopic (exact) mass is 466 g/mol. The Morgan fingerprint density at radius 2 is 1.56 bits per heavy atom. The number of hydrogen-bond donors (Lipinski definition) is 0. The quantitative estimate of drug-likeness (QED) is 0.300. The Hall–Kier alpha value is -3.84. The highest BCUT2D eigenvalue weighted by Gasteiger charge is 2.13. The maximum Gasteiger partial charge on any atom is 0.253 e. The Morgan fingerprint density at radius 3 is 2.41 bits per heavy atom. The zero-order chi connectivity index (χ0) is 22.7. The van der Waals surface area contributed by atoms with E-state index in [2.05, 4.69) is 64.6 Å². The number of ether oxygens (including phenoxy) is 2. The van der Waals surface area contributed by atoms with Crippen molar-refractivity contribution in [3.63, 3.8) is 0 Å². The van der Waals surface area contributed by atoms with E-state index in [1.54, 1.807) is 18.0 Å². The molecule has 2 aromatic heterocycles. The van der Waals surface area contributed by atoms with Gasteiger partial charge in [-0.3, -0.25) is 0 Å². The van der Waals surface area contributed by atoms with Gasteiger partial charge in [-0.2, -0.15) is 9.50 Å². The summed E-state index contributed by atoms with van der Waals surface area (Å²) in [6, 6.07) is 26.9. The van der Waals surface area contributed by atoms with Crippen LogP contribution in [0.2, 0.25) is 0 Å². The molecule has 0 aliphatic carbocycles. The van der Waals surface area contributed by atoms with Gasteiger partial charge < -0.3 is 9.47 Å². The van der Waals surface area contributed by atoms with Crippen molar-refractivity contribution in [1.82, 2.24) is 19.6 Å². The first-order valence-corrected chi connectivity index (χ1v) is 12.2. The number of aromatic nitrogens is 4. The van der Waals surface area contributed by atoms with Crippen molar-refractivity contribution >= 4 is 17.5 Å². The highest BCUT2D eigenvalue weighted by atomic mass is 32.2. The fourth-order valence-electron chi connectivity index (χ4n) is 3.96. The van der Waals surface area contributed by atoms with Crippen LogP contribution in [0.5, 0.6) is 11.5 Å². The van der Waals surface area contributed by atoms with E-state index in [1.165, 1.54) is 11.1 Å². The van der Waals surface area contributed by atoms with Gasteiger partial charge in [-0.25, -0.2) is 4.98 Å². The van der Waals surface area contributed by atoms with Crippen molar-refractivity contribution in [1.29, 1.82) is 0 Å². The molecule has 34 heavy (non-hydrogen) atoms. The molecular formula is C27H22N4O2S. The largest absolute Gasteiger partial charge is 0.490 e. The molecule has 168 valence electrons. The molecule has 3 aromatic carbocycles. The molecule has 0 N–H and O–H groups in total. The van der Waals surface area contributed by atoms with Gasteiger partial charge in [0.05, 0.1) is 18.9 Å². The predicted octanol–water partition coefficient (Wildman–Crippen LogP) is 5.91. The van der Waals surface area contributed by atoms with E-state index < -0.39 is 0 Å². The second-order valence-electron chi connectivity index (χ2n) is 8.00. The van der Waals surface area contributed by atoms with Crippen LogP contribution in [0.4, 0.5) is 0 Å². The van der Waals surface area contributed by atoms with Crippen molar-refractivity contribution < 1.29 is 9.47 Å². The molecule has 0 fully saturated rings. The Bertz CT molecular complexity index is 1430. The summed E-state index contributed by atoms with van der Waals surface area (Å²) in [7, 11) is 0. The molecule has 0 saturated heterocycles. The highest BCUT2D eigenvalue weighted by Crippen LogP contribution is 2.32. The number of nitrogens with zero attached hydrogens (tertiary/aromatic N) is 4. The molecule has 0 radical (unpaired) electrons. The van der Waals surface area contributed by atoms with Crippen LogP contribution in [0.1, 0.15) is 12.0 Å². The maximum atomic E-state index is 5.81. The molecular weight excluding hydrogens is 444 g/mol. The molecule has 1 aliphatic heterocycles. The zero-order valence-electron chi connectivity index (χ0n) is 18.4. The summed E-state index contributed by atoms with van der Waals surface area (Å²) in [5, 5.41) is 5.43. The van der Waals surface area contributed by atoms with E-state index in [0.29, 0.717) is 24.1 Å². The second-order valence-corrected chi connectivity index (χ2v) is 8.94. The third kappa shape index (κ3) is 4.22. The molecule has 0 spiro atoms. The Labute approximate surface area is 201 Å². The van der Waals surface area contributed by atoms with Crippen LogP contribution in [-0.2, 0) is 5.75 Å². The lowest BCUT2D eigenvalue weighted by atomic mass is 10.0. The molecule has 0 atom stereocenters. The van der Waals surface area contributed by atoms with E-state index >= 15 is 0 Å². The molecule has 1 aliphatic rings. The van der Waals surface area contributed by atoms with Crippen molar-refractivity contribution in [2.75, 3.05) is 13.2 Å². The molecule has 3 heterocycles. The van der Waals surface area contributed by atoms with Crippen LogP contribution < -0.4 is 9.47 Å². The summed E-state index contributed by atoms with van der Waals surface area (Å²) in [6.45, 7) is 1.37.